The number of carbonyl (C=O) groups is 1. The third-order valence-corrected chi connectivity index (χ3v) is 12.8. The molecule has 8 nitrogen and oxygen atoms in total. The first kappa shape index (κ1) is 27.8. The first-order chi connectivity index (χ1) is 16.5. The van der Waals surface area contributed by atoms with Crippen molar-refractivity contribution < 1.29 is 19.1 Å². The number of nitrogens with two attached hydrogens (primary N) is 1. The Hall–Kier alpha value is -2.83. The van der Waals surface area contributed by atoms with Crippen molar-refractivity contribution in [1.29, 1.82) is 0 Å². The Bertz CT molecular complexity index is 1330. The first-order valence-electron chi connectivity index (χ1n) is 12.2. The van der Waals surface area contributed by atoms with Crippen LogP contribution in [0.3, 0.4) is 0 Å². The van der Waals surface area contributed by atoms with E-state index >= 15 is 0 Å². The molecular formula is C26H39N3O5Si2. The van der Waals surface area contributed by atoms with Crippen LogP contribution < -0.4 is 15.7 Å². The molecule has 0 radical (unpaired) electrons. The molecule has 196 valence electrons. The van der Waals surface area contributed by atoms with Crippen LogP contribution in [0.25, 0.3) is 22.2 Å². The fourth-order valence-corrected chi connectivity index (χ4v) is 5.37. The molecule has 36 heavy (non-hydrogen) atoms. The molecule has 0 saturated carbocycles. The average molecular weight is 530 g/mol. The summed E-state index contributed by atoms with van der Waals surface area (Å²) in [6.45, 7) is 18.2. The van der Waals surface area contributed by atoms with Gasteiger partial charge in [0.1, 0.15) is 12.5 Å². The Morgan fingerprint density at radius 2 is 1.75 bits per heavy atom. The van der Waals surface area contributed by atoms with E-state index in [1.54, 1.807) is 18.2 Å². The molecule has 3 aromatic rings. The summed E-state index contributed by atoms with van der Waals surface area (Å²) in [5.74, 6) is 0.684. The van der Waals surface area contributed by atoms with E-state index in [-0.39, 0.29) is 28.6 Å². The predicted octanol–water partition coefficient (Wildman–Crippen LogP) is 6.27. The first-order valence-corrected chi connectivity index (χ1v) is 18.8. The van der Waals surface area contributed by atoms with Crippen LogP contribution in [0.1, 0.15) is 20.8 Å². The van der Waals surface area contributed by atoms with Gasteiger partial charge in [0.15, 0.2) is 0 Å². The Kier molecular flexibility index (Phi) is 7.64. The molecule has 0 bridgehead atoms. The summed E-state index contributed by atoms with van der Waals surface area (Å²) in [7, 11) is -3.35. The summed E-state index contributed by atoms with van der Waals surface area (Å²) >= 11 is 0. The van der Waals surface area contributed by atoms with Crippen molar-refractivity contribution in [3.05, 3.63) is 46.9 Å². The zero-order chi connectivity index (χ0) is 27.1. The van der Waals surface area contributed by atoms with Gasteiger partial charge in [-0.1, -0.05) is 40.4 Å². The highest BCUT2D eigenvalue weighted by Crippen LogP contribution is 2.38. The summed E-state index contributed by atoms with van der Waals surface area (Å²) in [4.78, 5) is 25.6. The molecule has 0 fully saturated rings. The Morgan fingerprint density at radius 3 is 2.33 bits per heavy atom. The normalized spacial score (nSPS) is 12.8. The monoisotopic (exact) mass is 529 g/mol. The number of aromatic nitrogens is 2. The van der Waals surface area contributed by atoms with Gasteiger partial charge in [-0.3, -0.25) is 9.36 Å². The number of hydrogen-bond acceptors (Lipinski definition) is 5. The third kappa shape index (κ3) is 6.11. The van der Waals surface area contributed by atoms with E-state index in [0.717, 1.165) is 10.6 Å². The van der Waals surface area contributed by atoms with Crippen molar-refractivity contribution in [2.24, 2.45) is 0 Å². The zero-order valence-electron chi connectivity index (χ0n) is 22.6. The van der Waals surface area contributed by atoms with Gasteiger partial charge in [-0.05, 0) is 54.5 Å². The Morgan fingerprint density at radius 1 is 1.08 bits per heavy atom. The van der Waals surface area contributed by atoms with Crippen LogP contribution >= 0.6 is 0 Å². The number of nitrogens with zero attached hydrogens (tertiary/aromatic N) is 2. The van der Waals surface area contributed by atoms with E-state index < -0.39 is 22.5 Å². The van der Waals surface area contributed by atoms with Gasteiger partial charge in [-0.25, -0.2) is 9.36 Å². The van der Waals surface area contributed by atoms with Gasteiger partial charge in [0.2, 0.25) is 8.32 Å². The van der Waals surface area contributed by atoms with Crippen molar-refractivity contribution in [3.8, 4) is 17.0 Å². The van der Waals surface area contributed by atoms with Crippen molar-refractivity contribution in [3.63, 3.8) is 0 Å². The van der Waals surface area contributed by atoms with Gasteiger partial charge in [-0.15, -0.1) is 0 Å². The SMILES string of the molecule is CC(C)(C)[Si](C)(C)Oc1ccc2c(c1)cc(-c1cc(N)cn(COCC[Si](C)(C)C)c1=O)n2C(=O)O. The molecule has 0 unspecified atom stereocenters. The smallest absolute Gasteiger partial charge is 0.416 e. The quantitative estimate of drug-likeness (QED) is 0.263. The second kappa shape index (κ2) is 9.91. The summed E-state index contributed by atoms with van der Waals surface area (Å²) in [5.41, 5.74) is 7.04. The number of fused-ring (bicyclic) bond motifs is 1. The lowest BCUT2D eigenvalue weighted by atomic mass is 10.1. The van der Waals surface area contributed by atoms with E-state index in [2.05, 4.69) is 53.5 Å². The summed E-state index contributed by atoms with van der Waals surface area (Å²) in [6, 6.07) is 9.54. The molecule has 0 amide bonds. The maximum absolute atomic E-state index is 13.3. The predicted molar refractivity (Wildman–Crippen MR) is 151 cm³/mol. The molecule has 0 aliphatic heterocycles. The highest BCUT2D eigenvalue weighted by Gasteiger charge is 2.39. The highest BCUT2D eigenvalue weighted by atomic mass is 28.4. The van der Waals surface area contributed by atoms with Gasteiger partial charge in [-0.2, -0.15) is 0 Å². The summed E-state index contributed by atoms with van der Waals surface area (Å²) < 4.78 is 14.7. The lowest BCUT2D eigenvalue weighted by Gasteiger charge is -2.36. The number of pyridine rings is 1. The number of carboxylic acid groups (broad SMARTS) is 1. The number of anilines is 1. The Labute approximate surface area is 214 Å². The van der Waals surface area contributed by atoms with Gasteiger partial charge in [0.05, 0.1) is 16.8 Å². The van der Waals surface area contributed by atoms with Crippen molar-refractivity contribution >= 4 is 39.1 Å². The molecule has 1 aromatic carbocycles. The second-order valence-electron chi connectivity index (χ2n) is 12.0. The van der Waals surface area contributed by atoms with Crippen LogP contribution in [0.2, 0.25) is 43.8 Å². The maximum Gasteiger partial charge on any atom is 0.416 e. The van der Waals surface area contributed by atoms with Crippen LogP contribution in [0, 0.1) is 0 Å². The van der Waals surface area contributed by atoms with Crippen molar-refractivity contribution in [1.82, 2.24) is 9.13 Å². The van der Waals surface area contributed by atoms with Gasteiger partial charge in [0.25, 0.3) is 5.56 Å². The molecular weight excluding hydrogens is 490 g/mol. The topological polar surface area (TPSA) is 109 Å². The maximum atomic E-state index is 13.3. The zero-order valence-corrected chi connectivity index (χ0v) is 24.6. The fourth-order valence-electron chi connectivity index (χ4n) is 3.59. The molecule has 3 N–H and O–H groups in total. The summed E-state index contributed by atoms with van der Waals surface area (Å²) in [6.07, 6.45) is 0.344. The molecule has 2 aromatic heterocycles. The van der Waals surface area contributed by atoms with E-state index in [1.807, 2.05) is 6.07 Å². The van der Waals surface area contributed by atoms with Crippen LogP contribution in [0.5, 0.6) is 5.75 Å². The lowest BCUT2D eigenvalue weighted by Crippen LogP contribution is -2.43. The van der Waals surface area contributed by atoms with E-state index in [1.165, 1.54) is 16.8 Å². The van der Waals surface area contributed by atoms with Crippen LogP contribution in [-0.2, 0) is 11.5 Å². The van der Waals surface area contributed by atoms with Gasteiger partial charge in [0, 0.05) is 32.0 Å². The Balaban J connectivity index is 2.04. The summed E-state index contributed by atoms with van der Waals surface area (Å²) in [5, 5.41) is 10.7. The molecule has 2 heterocycles. The largest absolute Gasteiger partial charge is 0.543 e. The molecule has 0 atom stereocenters. The van der Waals surface area contributed by atoms with E-state index in [4.69, 9.17) is 14.9 Å². The minimum absolute atomic E-state index is 0.0178. The van der Waals surface area contributed by atoms with Crippen LogP contribution in [0.15, 0.2) is 41.3 Å². The van der Waals surface area contributed by atoms with E-state index in [0.29, 0.717) is 28.9 Å². The molecule has 10 heteroatoms. The van der Waals surface area contributed by atoms with Gasteiger partial charge >= 0.3 is 6.09 Å². The molecule has 3 rings (SSSR count). The number of hydrogen-bond donors (Lipinski definition) is 2. The second-order valence-corrected chi connectivity index (χ2v) is 22.4. The minimum atomic E-state index is -2.08. The minimum Gasteiger partial charge on any atom is -0.543 e. The third-order valence-electron chi connectivity index (χ3n) is 6.75. The number of ether oxygens (including phenoxy) is 1. The molecule has 0 saturated heterocycles. The van der Waals surface area contributed by atoms with Crippen LogP contribution in [0.4, 0.5) is 10.5 Å². The van der Waals surface area contributed by atoms with Crippen LogP contribution in [-0.4, -0.2) is 43.3 Å². The number of rotatable bonds is 8. The molecule has 0 aliphatic rings. The standard InChI is InChI=1S/C26H39N3O5Si2/c1-26(2,3)36(7,8)34-20-9-10-22-18(13-20)14-23(29(22)25(31)32)21-15-19(27)16-28(24(21)30)17-33-11-12-35(4,5)6/h9-10,13-16H,11-12,17,27H2,1-8H3,(H,31,32). The van der Waals surface area contributed by atoms with Crippen molar-refractivity contribution in [2.45, 2.75) is 71.3 Å². The molecule has 0 spiro atoms. The fraction of sp³-hybridized carbons (Fsp3) is 0.462. The molecule has 0 aliphatic carbocycles. The van der Waals surface area contributed by atoms with Crippen molar-refractivity contribution in [2.75, 3.05) is 12.3 Å². The lowest BCUT2D eigenvalue weighted by molar-refractivity contribution is 0.0850. The van der Waals surface area contributed by atoms with E-state index in [9.17, 15) is 14.7 Å². The number of nitrogen functional groups attached to an aromatic ring is 1. The highest BCUT2D eigenvalue weighted by molar-refractivity contribution is 6.76. The number of benzene rings is 1. The van der Waals surface area contributed by atoms with Gasteiger partial charge < -0.3 is 20.0 Å². The average Bonchev–Trinajstić information content (AvgIpc) is 3.10.